The van der Waals surface area contributed by atoms with Crippen molar-refractivity contribution in [1.29, 1.82) is 0 Å². The molecule has 0 spiro atoms. The van der Waals surface area contributed by atoms with E-state index >= 15 is 0 Å². The van der Waals surface area contributed by atoms with Crippen LogP contribution in [0, 0.1) is 5.92 Å². The van der Waals surface area contributed by atoms with Gasteiger partial charge in [-0.3, -0.25) is 0 Å². The van der Waals surface area contributed by atoms with Crippen molar-refractivity contribution in [3.8, 4) is 0 Å². The Morgan fingerprint density at radius 1 is 1.31 bits per heavy atom. The Kier molecular flexibility index (Phi) is 5.80. The summed E-state index contributed by atoms with van der Waals surface area (Å²) >= 11 is 0.907. The van der Waals surface area contributed by atoms with E-state index in [9.17, 15) is 13.2 Å². The van der Waals surface area contributed by atoms with Gasteiger partial charge in [0.2, 0.25) is 0 Å². The number of thioether (sulfide) groups is 1. The van der Waals surface area contributed by atoms with Gasteiger partial charge in [-0.1, -0.05) is 13.8 Å². The van der Waals surface area contributed by atoms with Crippen molar-refractivity contribution in [2.24, 2.45) is 11.7 Å². The van der Waals surface area contributed by atoms with Gasteiger partial charge in [-0.25, -0.2) is 0 Å². The van der Waals surface area contributed by atoms with Gasteiger partial charge in [-0.15, -0.1) is 11.8 Å². The molecule has 0 fully saturated rings. The van der Waals surface area contributed by atoms with E-state index in [2.05, 4.69) is 0 Å². The highest BCUT2D eigenvalue weighted by molar-refractivity contribution is 8.00. The average molecular weight is 215 g/mol. The number of hydrogen-bond donors (Lipinski definition) is 1. The minimum Gasteiger partial charge on any atom is -0.329 e. The van der Waals surface area contributed by atoms with Crippen LogP contribution in [0.25, 0.3) is 0 Å². The molecule has 0 aromatic rings. The molecule has 80 valence electrons. The zero-order chi connectivity index (χ0) is 10.5. The minimum atomic E-state index is -4.16. The highest BCUT2D eigenvalue weighted by atomic mass is 32.2. The Bertz CT molecular complexity index is 136. The first-order chi connectivity index (χ1) is 5.88. The lowest BCUT2D eigenvalue weighted by Gasteiger charge is -2.18. The van der Waals surface area contributed by atoms with Crippen LogP contribution in [-0.4, -0.2) is 23.7 Å². The van der Waals surface area contributed by atoms with E-state index in [-0.39, 0.29) is 6.54 Å². The standard InChI is InChI=1S/C8H16F3NS/c1-6(2)3-4-13-7(5-12)8(9,10)11/h6-7H,3-5,12H2,1-2H3. The van der Waals surface area contributed by atoms with E-state index in [1.165, 1.54) is 0 Å². The van der Waals surface area contributed by atoms with Gasteiger partial charge in [0.25, 0.3) is 0 Å². The number of rotatable bonds is 5. The lowest BCUT2D eigenvalue weighted by Crippen LogP contribution is -2.33. The summed E-state index contributed by atoms with van der Waals surface area (Å²) in [6, 6.07) is 0. The molecule has 0 rings (SSSR count). The Balaban J connectivity index is 3.73. The van der Waals surface area contributed by atoms with E-state index < -0.39 is 11.4 Å². The molecule has 0 aliphatic carbocycles. The maximum absolute atomic E-state index is 12.1. The van der Waals surface area contributed by atoms with Gasteiger partial charge in [0.15, 0.2) is 0 Å². The quantitative estimate of drug-likeness (QED) is 0.763. The topological polar surface area (TPSA) is 26.0 Å². The summed E-state index contributed by atoms with van der Waals surface area (Å²) in [6.07, 6.45) is -3.35. The summed E-state index contributed by atoms with van der Waals surface area (Å²) in [4.78, 5) is 0. The molecule has 5 heteroatoms. The number of hydrogen-bond acceptors (Lipinski definition) is 2. The van der Waals surface area contributed by atoms with Gasteiger partial charge >= 0.3 is 6.18 Å². The highest BCUT2D eigenvalue weighted by Gasteiger charge is 2.38. The van der Waals surface area contributed by atoms with Crippen LogP contribution in [0.15, 0.2) is 0 Å². The first kappa shape index (κ1) is 13.1. The Morgan fingerprint density at radius 2 is 1.85 bits per heavy atom. The van der Waals surface area contributed by atoms with Crippen LogP contribution in [0.4, 0.5) is 13.2 Å². The van der Waals surface area contributed by atoms with Gasteiger partial charge in [-0.2, -0.15) is 13.2 Å². The molecular weight excluding hydrogens is 199 g/mol. The van der Waals surface area contributed by atoms with Crippen LogP contribution in [0.2, 0.25) is 0 Å². The van der Waals surface area contributed by atoms with Crippen LogP contribution in [0.3, 0.4) is 0 Å². The zero-order valence-electron chi connectivity index (χ0n) is 7.90. The molecular formula is C8H16F3NS. The molecule has 0 aromatic heterocycles. The second kappa shape index (κ2) is 5.75. The van der Waals surface area contributed by atoms with Gasteiger partial charge in [-0.05, 0) is 18.1 Å². The van der Waals surface area contributed by atoms with E-state index in [0.29, 0.717) is 11.7 Å². The second-order valence-electron chi connectivity index (χ2n) is 3.32. The normalized spacial score (nSPS) is 15.0. The predicted octanol–water partition coefficient (Wildman–Crippen LogP) is 2.66. The molecule has 1 atom stereocenters. The van der Waals surface area contributed by atoms with Crippen molar-refractivity contribution in [1.82, 2.24) is 0 Å². The lowest BCUT2D eigenvalue weighted by molar-refractivity contribution is -0.126. The first-order valence-electron chi connectivity index (χ1n) is 4.26. The number of halogens is 3. The molecule has 1 unspecified atom stereocenters. The molecule has 0 radical (unpaired) electrons. The summed E-state index contributed by atoms with van der Waals surface area (Å²) in [7, 11) is 0. The van der Waals surface area contributed by atoms with Gasteiger partial charge < -0.3 is 5.73 Å². The van der Waals surface area contributed by atoms with Crippen molar-refractivity contribution < 1.29 is 13.2 Å². The maximum atomic E-state index is 12.1. The van der Waals surface area contributed by atoms with Crippen LogP contribution in [0.5, 0.6) is 0 Å². The van der Waals surface area contributed by atoms with Gasteiger partial charge in [0.05, 0.1) is 0 Å². The molecule has 0 bridgehead atoms. The van der Waals surface area contributed by atoms with Gasteiger partial charge in [0.1, 0.15) is 5.25 Å². The molecule has 0 saturated heterocycles. The van der Waals surface area contributed by atoms with Gasteiger partial charge in [0, 0.05) is 6.54 Å². The lowest BCUT2D eigenvalue weighted by atomic mass is 10.2. The van der Waals surface area contributed by atoms with Crippen molar-refractivity contribution in [3.63, 3.8) is 0 Å². The monoisotopic (exact) mass is 215 g/mol. The van der Waals surface area contributed by atoms with Crippen LogP contribution in [-0.2, 0) is 0 Å². The summed E-state index contributed by atoms with van der Waals surface area (Å²) in [5.74, 6) is 0.970. The molecule has 13 heavy (non-hydrogen) atoms. The summed E-state index contributed by atoms with van der Waals surface area (Å²) in [6.45, 7) is 3.66. The van der Waals surface area contributed by atoms with Crippen molar-refractivity contribution >= 4 is 11.8 Å². The van der Waals surface area contributed by atoms with Crippen LogP contribution in [0.1, 0.15) is 20.3 Å². The van der Waals surface area contributed by atoms with E-state index in [4.69, 9.17) is 5.73 Å². The maximum Gasteiger partial charge on any atom is 0.401 e. The van der Waals surface area contributed by atoms with E-state index in [0.717, 1.165) is 18.2 Å². The Labute approximate surface area is 81.3 Å². The zero-order valence-corrected chi connectivity index (χ0v) is 8.71. The minimum absolute atomic E-state index is 0.327. The van der Waals surface area contributed by atoms with Crippen molar-refractivity contribution in [3.05, 3.63) is 0 Å². The SMILES string of the molecule is CC(C)CCSC(CN)C(F)(F)F. The molecule has 0 aromatic carbocycles. The average Bonchev–Trinajstić information content (AvgIpc) is 1.95. The van der Waals surface area contributed by atoms with Crippen molar-refractivity contribution in [2.75, 3.05) is 12.3 Å². The van der Waals surface area contributed by atoms with E-state index in [1.807, 2.05) is 13.8 Å². The number of alkyl halides is 3. The van der Waals surface area contributed by atoms with E-state index in [1.54, 1.807) is 0 Å². The molecule has 0 amide bonds. The molecule has 2 N–H and O–H groups in total. The summed E-state index contributed by atoms with van der Waals surface area (Å²) in [5.41, 5.74) is 5.03. The van der Waals surface area contributed by atoms with Crippen LogP contribution >= 0.6 is 11.8 Å². The second-order valence-corrected chi connectivity index (χ2v) is 4.63. The molecule has 1 nitrogen and oxygen atoms in total. The fourth-order valence-corrected chi connectivity index (χ4v) is 1.96. The van der Waals surface area contributed by atoms with Crippen molar-refractivity contribution in [2.45, 2.75) is 31.7 Å². The summed E-state index contributed by atoms with van der Waals surface area (Å²) < 4.78 is 36.4. The molecule has 0 saturated carbocycles. The first-order valence-corrected chi connectivity index (χ1v) is 5.31. The molecule has 0 heterocycles. The third-order valence-corrected chi connectivity index (χ3v) is 2.93. The Hall–Kier alpha value is 0.100. The van der Waals surface area contributed by atoms with Crippen LogP contribution < -0.4 is 5.73 Å². The predicted molar refractivity (Wildman–Crippen MR) is 50.8 cm³/mol. The fourth-order valence-electron chi connectivity index (χ4n) is 0.742. The third-order valence-electron chi connectivity index (χ3n) is 1.59. The highest BCUT2D eigenvalue weighted by Crippen LogP contribution is 2.30. The third kappa shape index (κ3) is 6.21. The molecule has 0 aliphatic heterocycles. The Morgan fingerprint density at radius 3 is 2.15 bits per heavy atom. The fraction of sp³-hybridized carbons (Fsp3) is 1.00. The summed E-state index contributed by atoms with van der Waals surface area (Å²) in [5, 5.41) is -1.40. The molecule has 0 aliphatic rings. The largest absolute Gasteiger partial charge is 0.401 e. The smallest absolute Gasteiger partial charge is 0.329 e. The number of nitrogens with two attached hydrogens (primary N) is 1.